The first kappa shape index (κ1) is 17.7. The van der Waals surface area contributed by atoms with Gasteiger partial charge in [0.05, 0.1) is 13.7 Å². The van der Waals surface area contributed by atoms with E-state index in [1.54, 1.807) is 26.0 Å². The molecule has 2 aliphatic heterocycles. The van der Waals surface area contributed by atoms with E-state index in [-0.39, 0.29) is 11.8 Å². The van der Waals surface area contributed by atoms with Gasteiger partial charge in [-0.15, -0.1) is 0 Å². The summed E-state index contributed by atoms with van der Waals surface area (Å²) in [6.45, 7) is 4.84. The Morgan fingerprint density at radius 1 is 1.24 bits per heavy atom. The summed E-state index contributed by atoms with van der Waals surface area (Å²) in [7, 11) is 3.30. The second kappa shape index (κ2) is 7.41. The van der Waals surface area contributed by atoms with Crippen molar-refractivity contribution in [3.63, 3.8) is 0 Å². The quantitative estimate of drug-likeness (QED) is 0.833. The van der Waals surface area contributed by atoms with Crippen LogP contribution in [0.4, 0.5) is 0 Å². The predicted molar refractivity (Wildman–Crippen MR) is 92.1 cm³/mol. The maximum atomic E-state index is 12.2. The number of hydrogen-bond acceptors (Lipinski definition) is 5. The van der Waals surface area contributed by atoms with Crippen molar-refractivity contribution in [2.75, 3.05) is 33.9 Å². The molecule has 1 aromatic rings. The van der Waals surface area contributed by atoms with Gasteiger partial charge in [0, 0.05) is 38.9 Å². The van der Waals surface area contributed by atoms with Crippen LogP contribution in [0.25, 0.3) is 0 Å². The molecule has 0 radical (unpaired) electrons. The molecular formula is C18H25N3O4. The molecule has 0 aliphatic carbocycles. The third-order valence-electron chi connectivity index (χ3n) is 4.83. The molecule has 0 aromatic heterocycles. The Hall–Kier alpha value is -2.12. The van der Waals surface area contributed by atoms with Gasteiger partial charge in [-0.1, -0.05) is 6.07 Å². The van der Waals surface area contributed by atoms with Crippen LogP contribution in [-0.2, 0) is 27.5 Å². The van der Waals surface area contributed by atoms with Gasteiger partial charge in [-0.25, -0.2) is 0 Å². The number of rotatable bonds is 5. The van der Waals surface area contributed by atoms with E-state index in [1.165, 1.54) is 0 Å². The van der Waals surface area contributed by atoms with E-state index < -0.39 is 12.1 Å². The Morgan fingerprint density at radius 3 is 2.76 bits per heavy atom. The highest BCUT2D eigenvalue weighted by atomic mass is 16.5. The highest BCUT2D eigenvalue weighted by Crippen LogP contribution is 2.23. The van der Waals surface area contributed by atoms with Crippen LogP contribution in [0.5, 0.6) is 5.75 Å². The molecule has 3 rings (SSSR count). The van der Waals surface area contributed by atoms with Gasteiger partial charge in [0.25, 0.3) is 0 Å². The van der Waals surface area contributed by atoms with Gasteiger partial charge < -0.3 is 19.7 Å². The van der Waals surface area contributed by atoms with Gasteiger partial charge in [0.15, 0.2) is 0 Å². The number of ether oxygens (including phenoxy) is 2. The predicted octanol–water partition coefficient (Wildman–Crippen LogP) is 0.373. The van der Waals surface area contributed by atoms with Crippen molar-refractivity contribution in [2.45, 2.75) is 32.2 Å². The second-order valence-electron chi connectivity index (χ2n) is 6.59. The fourth-order valence-electron chi connectivity index (χ4n) is 3.55. The van der Waals surface area contributed by atoms with Crippen LogP contribution >= 0.6 is 0 Å². The number of piperazine rings is 2. The van der Waals surface area contributed by atoms with Crippen molar-refractivity contribution in [3.8, 4) is 5.75 Å². The van der Waals surface area contributed by atoms with Crippen LogP contribution in [0.3, 0.4) is 0 Å². The fourth-order valence-corrected chi connectivity index (χ4v) is 3.55. The molecule has 0 spiro atoms. The third kappa shape index (κ3) is 3.62. The molecule has 1 aromatic carbocycles. The molecule has 25 heavy (non-hydrogen) atoms. The monoisotopic (exact) mass is 347 g/mol. The van der Waals surface area contributed by atoms with Gasteiger partial charge in [-0.2, -0.15) is 0 Å². The first-order valence-electron chi connectivity index (χ1n) is 8.51. The van der Waals surface area contributed by atoms with Gasteiger partial charge in [0.2, 0.25) is 11.8 Å². The number of nitrogens with zero attached hydrogens (tertiary/aromatic N) is 2. The summed E-state index contributed by atoms with van der Waals surface area (Å²) in [6.07, 6.45) is 0. The van der Waals surface area contributed by atoms with Crippen LogP contribution in [0, 0.1) is 0 Å². The van der Waals surface area contributed by atoms with E-state index in [1.807, 2.05) is 12.1 Å². The maximum absolute atomic E-state index is 12.2. The highest BCUT2D eigenvalue weighted by Gasteiger charge is 2.41. The molecule has 2 fully saturated rings. The molecule has 0 unspecified atom stereocenters. The van der Waals surface area contributed by atoms with Crippen molar-refractivity contribution in [1.82, 2.24) is 15.1 Å². The normalized spacial score (nSPS) is 24.0. The van der Waals surface area contributed by atoms with E-state index in [4.69, 9.17) is 9.47 Å². The number of fused-ring (bicyclic) bond motifs is 1. The standard InChI is InChI=1S/C18H25N3O4/c1-12-18(23)21-7-6-20(10-15(21)17(22)19-12)9-13-4-5-16(25-3)14(8-13)11-24-2/h4-5,8,12,15H,6-7,9-11H2,1-3H3,(H,19,22)/t12-,15+/m0/s1. The molecule has 7 nitrogen and oxygen atoms in total. The molecule has 2 amide bonds. The molecule has 7 heteroatoms. The summed E-state index contributed by atoms with van der Waals surface area (Å²) >= 11 is 0. The summed E-state index contributed by atoms with van der Waals surface area (Å²) in [5.41, 5.74) is 2.14. The largest absolute Gasteiger partial charge is 0.496 e. The number of carbonyl (C=O) groups is 2. The number of carbonyl (C=O) groups excluding carboxylic acids is 2. The number of amides is 2. The lowest BCUT2D eigenvalue weighted by molar-refractivity contribution is -0.152. The zero-order valence-corrected chi connectivity index (χ0v) is 14.9. The Balaban J connectivity index is 1.69. The molecule has 2 aliphatic rings. The number of nitrogens with one attached hydrogen (secondary N) is 1. The Kier molecular flexibility index (Phi) is 5.24. The average Bonchev–Trinajstić information content (AvgIpc) is 2.60. The summed E-state index contributed by atoms with van der Waals surface area (Å²) in [6, 6.07) is 5.22. The fraction of sp³-hybridized carbons (Fsp3) is 0.556. The van der Waals surface area contributed by atoms with Gasteiger partial charge in [-0.3, -0.25) is 14.5 Å². The maximum Gasteiger partial charge on any atom is 0.245 e. The number of methoxy groups -OCH3 is 2. The molecule has 1 N–H and O–H groups in total. The molecule has 136 valence electrons. The molecular weight excluding hydrogens is 322 g/mol. The Bertz CT molecular complexity index is 664. The summed E-state index contributed by atoms with van der Waals surface area (Å²) in [5, 5.41) is 2.76. The Labute approximate surface area is 147 Å². The van der Waals surface area contributed by atoms with Crippen molar-refractivity contribution < 1.29 is 19.1 Å². The molecule has 2 heterocycles. The highest BCUT2D eigenvalue weighted by molar-refractivity contribution is 5.97. The lowest BCUT2D eigenvalue weighted by Gasteiger charge is -2.44. The van der Waals surface area contributed by atoms with Crippen LogP contribution < -0.4 is 10.1 Å². The number of hydrogen-bond donors (Lipinski definition) is 1. The minimum atomic E-state index is -0.423. The summed E-state index contributed by atoms with van der Waals surface area (Å²) < 4.78 is 10.6. The van der Waals surface area contributed by atoms with Crippen LogP contribution in [0.1, 0.15) is 18.1 Å². The molecule has 2 atom stereocenters. The molecule has 2 saturated heterocycles. The van der Waals surface area contributed by atoms with E-state index in [0.29, 0.717) is 19.7 Å². The van der Waals surface area contributed by atoms with E-state index in [2.05, 4.69) is 16.3 Å². The van der Waals surface area contributed by atoms with Crippen LogP contribution in [0.15, 0.2) is 18.2 Å². The van der Waals surface area contributed by atoms with E-state index in [9.17, 15) is 9.59 Å². The lowest BCUT2D eigenvalue weighted by Crippen LogP contribution is -2.68. The smallest absolute Gasteiger partial charge is 0.245 e. The van der Waals surface area contributed by atoms with Crippen molar-refractivity contribution in [3.05, 3.63) is 29.3 Å². The second-order valence-corrected chi connectivity index (χ2v) is 6.59. The minimum Gasteiger partial charge on any atom is -0.496 e. The first-order chi connectivity index (χ1) is 12.0. The summed E-state index contributed by atoms with van der Waals surface area (Å²) in [5.74, 6) is 0.754. The SMILES string of the molecule is COCc1cc(CN2CCN3C(=O)[C@H](C)NC(=O)[C@H]3C2)ccc1OC. The zero-order valence-electron chi connectivity index (χ0n) is 14.9. The average molecular weight is 347 g/mol. The van der Waals surface area contributed by atoms with Gasteiger partial charge >= 0.3 is 0 Å². The van der Waals surface area contributed by atoms with Gasteiger partial charge in [-0.05, 0) is 24.6 Å². The topological polar surface area (TPSA) is 71.1 Å². The Morgan fingerprint density at radius 2 is 2.04 bits per heavy atom. The molecule has 0 saturated carbocycles. The third-order valence-corrected chi connectivity index (χ3v) is 4.83. The van der Waals surface area contributed by atoms with E-state index >= 15 is 0 Å². The van der Waals surface area contributed by atoms with Crippen molar-refractivity contribution >= 4 is 11.8 Å². The zero-order chi connectivity index (χ0) is 18.0. The number of benzene rings is 1. The van der Waals surface area contributed by atoms with Crippen LogP contribution in [-0.4, -0.2) is 67.6 Å². The minimum absolute atomic E-state index is 0.0103. The van der Waals surface area contributed by atoms with Gasteiger partial charge in [0.1, 0.15) is 17.8 Å². The first-order valence-corrected chi connectivity index (χ1v) is 8.51. The lowest BCUT2D eigenvalue weighted by atomic mass is 10.0. The van der Waals surface area contributed by atoms with Crippen molar-refractivity contribution in [1.29, 1.82) is 0 Å². The van der Waals surface area contributed by atoms with E-state index in [0.717, 1.165) is 30.0 Å². The molecule has 0 bridgehead atoms. The summed E-state index contributed by atoms with van der Waals surface area (Å²) in [4.78, 5) is 28.4. The van der Waals surface area contributed by atoms with Crippen LogP contribution in [0.2, 0.25) is 0 Å². The van der Waals surface area contributed by atoms with Crippen molar-refractivity contribution in [2.24, 2.45) is 0 Å².